The number of fused-ring (bicyclic) bond motifs is 1. The fraction of sp³-hybridized carbons (Fsp3) is 0.143. The van der Waals surface area contributed by atoms with E-state index in [9.17, 15) is 4.39 Å². The Morgan fingerprint density at radius 2 is 1.89 bits per heavy atom. The first kappa shape index (κ1) is 18.2. The molecule has 5 nitrogen and oxygen atoms in total. The molecule has 0 aliphatic heterocycles. The Morgan fingerprint density at radius 3 is 2.68 bits per heavy atom. The van der Waals surface area contributed by atoms with Crippen molar-refractivity contribution < 1.29 is 9.13 Å². The highest BCUT2D eigenvalue weighted by molar-refractivity contribution is 7.14. The molecule has 0 fully saturated rings. The minimum atomic E-state index is -0.289. The van der Waals surface area contributed by atoms with Crippen molar-refractivity contribution in [2.45, 2.75) is 13.5 Å². The Kier molecular flexibility index (Phi) is 5.08. The van der Waals surface area contributed by atoms with Gasteiger partial charge in [-0.3, -0.25) is 4.98 Å². The van der Waals surface area contributed by atoms with Gasteiger partial charge in [-0.1, -0.05) is 18.2 Å². The molecule has 0 aliphatic carbocycles. The van der Waals surface area contributed by atoms with Crippen LogP contribution in [-0.4, -0.2) is 16.5 Å². The van der Waals surface area contributed by atoms with Crippen LogP contribution in [-0.2, 0) is 6.54 Å². The Bertz CT molecular complexity index is 1110. The summed E-state index contributed by atoms with van der Waals surface area (Å²) in [6, 6.07) is 14.5. The van der Waals surface area contributed by atoms with Crippen LogP contribution in [0, 0.1) is 12.7 Å². The molecule has 2 heterocycles. The first-order valence-electron chi connectivity index (χ1n) is 8.78. The molecule has 0 amide bonds. The van der Waals surface area contributed by atoms with E-state index in [1.54, 1.807) is 19.4 Å². The molecule has 0 atom stereocenters. The van der Waals surface area contributed by atoms with E-state index in [-0.39, 0.29) is 5.82 Å². The molecule has 4 aromatic rings. The zero-order valence-electron chi connectivity index (χ0n) is 15.5. The van der Waals surface area contributed by atoms with Crippen molar-refractivity contribution >= 4 is 38.9 Å². The van der Waals surface area contributed by atoms with Crippen molar-refractivity contribution in [3.8, 4) is 5.75 Å². The molecule has 0 saturated heterocycles. The number of methoxy groups -OCH3 is 1. The van der Waals surface area contributed by atoms with E-state index in [2.05, 4.69) is 20.0 Å². The third-order valence-electron chi connectivity index (χ3n) is 4.45. The number of nitrogens with one attached hydrogen (secondary N) is 2. The van der Waals surface area contributed by atoms with Gasteiger partial charge in [0.25, 0.3) is 0 Å². The third-order valence-corrected chi connectivity index (χ3v) is 5.32. The lowest BCUT2D eigenvalue weighted by atomic mass is 10.2. The highest BCUT2D eigenvalue weighted by Crippen LogP contribution is 2.33. The van der Waals surface area contributed by atoms with Gasteiger partial charge >= 0.3 is 0 Å². The Hall–Kier alpha value is -3.19. The van der Waals surface area contributed by atoms with E-state index in [0.29, 0.717) is 18.1 Å². The Morgan fingerprint density at radius 1 is 1.07 bits per heavy atom. The summed E-state index contributed by atoms with van der Waals surface area (Å²) in [6.45, 7) is 2.60. The van der Waals surface area contributed by atoms with Crippen LogP contribution in [0.5, 0.6) is 5.75 Å². The van der Waals surface area contributed by atoms with Crippen molar-refractivity contribution in [2.24, 2.45) is 0 Å². The van der Waals surface area contributed by atoms with E-state index >= 15 is 0 Å². The van der Waals surface area contributed by atoms with Crippen molar-refractivity contribution in [2.75, 3.05) is 17.7 Å². The minimum absolute atomic E-state index is 0.289. The second-order valence-electron chi connectivity index (χ2n) is 6.35. The molecule has 0 saturated carbocycles. The lowest BCUT2D eigenvalue weighted by Crippen LogP contribution is -2.00. The number of hydrogen-bond acceptors (Lipinski definition) is 6. The molecule has 0 spiro atoms. The molecule has 7 heteroatoms. The number of benzene rings is 2. The zero-order valence-corrected chi connectivity index (χ0v) is 16.3. The summed E-state index contributed by atoms with van der Waals surface area (Å²) in [4.78, 5) is 4.46. The van der Waals surface area contributed by atoms with Crippen molar-refractivity contribution in [1.82, 2.24) is 9.36 Å². The number of aromatic nitrogens is 2. The van der Waals surface area contributed by atoms with Gasteiger partial charge in [0.05, 0.1) is 17.5 Å². The molecule has 0 radical (unpaired) electrons. The number of nitrogens with zero attached hydrogens (tertiary/aromatic N) is 2. The van der Waals surface area contributed by atoms with Gasteiger partial charge in [0.2, 0.25) is 0 Å². The van der Waals surface area contributed by atoms with Crippen LogP contribution >= 0.6 is 11.5 Å². The van der Waals surface area contributed by atoms with E-state index in [0.717, 1.165) is 32.8 Å². The highest BCUT2D eigenvalue weighted by Gasteiger charge is 2.12. The maximum absolute atomic E-state index is 13.6. The SMILES string of the molecule is COc1ccc(CNc2ccnc3c(Nc4cc(F)ccc4C)nsc23)cc1. The lowest BCUT2D eigenvalue weighted by Gasteiger charge is -2.09. The van der Waals surface area contributed by atoms with Gasteiger partial charge in [-0.2, -0.15) is 4.37 Å². The van der Waals surface area contributed by atoms with Crippen molar-refractivity contribution in [1.29, 1.82) is 0 Å². The average Bonchev–Trinajstić information content (AvgIpc) is 3.13. The maximum Gasteiger partial charge on any atom is 0.170 e. The van der Waals surface area contributed by atoms with Gasteiger partial charge in [-0.05, 0) is 59.9 Å². The average molecular weight is 394 g/mol. The minimum Gasteiger partial charge on any atom is -0.497 e. The van der Waals surface area contributed by atoms with E-state index < -0.39 is 0 Å². The molecule has 28 heavy (non-hydrogen) atoms. The smallest absolute Gasteiger partial charge is 0.170 e. The fourth-order valence-electron chi connectivity index (χ4n) is 2.86. The monoisotopic (exact) mass is 394 g/mol. The quantitative estimate of drug-likeness (QED) is 0.452. The highest BCUT2D eigenvalue weighted by atomic mass is 32.1. The number of hydrogen-bond donors (Lipinski definition) is 2. The lowest BCUT2D eigenvalue weighted by molar-refractivity contribution is 0.414. The van der Waals surface area contributed by atoms with Crippen LogP contribution in [0.3, 0.4) is 0 Å². The normalized spacial score (nSPS) is 10.8. The predicted molar refractivity (Wildman–Crippen MR) is 112 cm³/mol. The molecular formula is C21H19FN4OS. The molecule has 0 bridgehead atoms. The number of rotatable bonds is 6. The predicted octanol–water partition coefficient (Wildman–Crippen LogP) is 5.50. The first-order chi connectivity index (χ1) is 13.6. The third kappa shape index (κ3) is 3.75. The van der Waals surface area contributed by atoms with Gasteiger partial charge in [-0.15, -0.1) is 0 Å². The maximum atomic E-state index is 13.6. The molecule has 0 unspecified atom stereocenters. The topological polar surface area (TPSA) is 59.1 Å². The summed E-state index contributed by atoms with van der Waals surface area (Å²) >= 11 is 1.36. The van der Waals surface area contributed by atoms with Gasteiger partial charge < -0.3 is 15.4 Å². The molecular weight excluding hydrogens is 375 g/mol. The van der Waals surface area contributed by atoms with E-state index in [1.165, 1.54) is 23.7 Å². The second kappa shape index (κ2) is 7.82. The van der Waals surface area contributed by atoms with Gasteiger partial charge in [0, 0.05) is 18.4 Å². The van der Waals surface area contributed by atoms with Crippen LogP contribution in [0.2, 0.25) is 0 Å². The largest absolute Gasteiger partial charge is 0.497 e. The molecule has 2 aromatic carbocycles. The van der Waals surface area contributed by atoms with Gasteiger partial charge in [-0.25, -0.2) is 4.39 Å². The summed E-state index contributed by atoms with van der Waals surface area (Å²) < 4.78 is 24.2. The van der Waals surface area contributed by atoms with Gasteiger partial charge in [0.1, 0.15) is 17.1 Å². The van der Waals surface area contributed by atoms with E-state index in [1.807, 2.05) is 37.3 Å². The van der Waals surface area contributed by atoms with Crippen molar-refractivity contribution in [3.05, 3.63) is 71.7 Å². The Labute approximate surface area is 166 Å². The second-order valence-corrected chi connectivity index (χ2v) is 7.13. The van der Waals surface area contributed by atoms with Crippen LogP contribution in [0.4, 0.5) is 21.6 Å². The summed E-state index contributed by atoms with van der Waals surface area (Å²) in [5, 5.41) is 6.65. The molecule has 2 N–H and O–H groups in total. The summed E-state index contributed by atoms with van der Waals surface area (Å²) in [5.74, 6) is 1.17. The molecule has 4 rings (SSSR count). The first-order valence-corrected chi connectivity index (χ1v) is 9.56. The molecule has 0 aliphatic rings. The van der Waals surface area contributed by atoms with Crippen LogP contribution in [0.1, 0.15) is 11.1 Å². The fourth-order valence-corrected chi connectivity index (χ4v) is 3.65. The van der Waals surface area contributed by atoms with Crippen LogP contribution in [0.25, 0.3) is 10.2 Å². The summed E-state index contributed by atoms with van der Waals surface area (Å²) in [5.41, 5.74) is 4.49. The molecule has 2 aromatic heterocycles. The number of aryl methyl sites for hydroxylation is 1. The number of anilines is 3. The summed E-state index contributed by atoms with van der Waals surface area (Å²) in [7, 11) is 1.65. The van der Waals surface area contributed by atoms with Gasteiger partial charge in [0.15, 0.2) is 5.82 Å². The number of ether oxygens (including phenoxy) is 1. The standard InChI is InChI=1S/C21H19FN4OS/c1-13-3-6-15(22)11-18(13)25-21-19-20(28-26-21)17(9-10-23-19)24-12-14-4-7-16(27-2)8-5-14/h3-11H,12H2,1-2H3,(H,23,24)(H,25,26). The van der Waals surface area contributed by atoms with Crippen LogP contribution in [0.15, 0.2) is 54.7 Å². The number of halogens is 1. The zero-order chi connectivity index (χ0) is 19.5. The van der Waals surface area contributed by atoms with E-state index in [4.69, 9.17) is 4.74 Å². The Balaban J connectivity index is 1.56. The van der Waals surface area contributed by atoms with Crippen molar-refractivity contribution in [3.63, 3.8) is 0 Å². The van der Waals surface area contributed by atoms with Crippen LogP contribution < -0.4 is 15.4 Å². The molecule has 142 valence electrons. The summed E-state index contributed by atoms with van der Waals surface area (Å²) in [6.07, 6.45) is 1.75. The number of pyridine rings is 1.